The van der Waals surface area contributed by atoms with Crippen LogP contribution in [0.4, 0.5) is 0 Å². The highest BCUT2D eigenvalue weighted by Gasteiger charge is 2.33. The van der Waals surface area contributed by atoms with E-state index >= 15 is 0 Å². The molecule has 1 fully saturated rings. The van der Waals surface area contributed by atoms with Crippen molar-refractivity contribution in [3.05, 3.63) is 8.47 Å². The lowest BCUT2D eigenvalue weighted by atomic mass is 10.9. The van der Waals surface area contributed by atoms with Crippen molar-refractivity contribution in [2.75, 3.05) is 30.5 Å². The predicted octanol–water partition coefficient (Wildman–Crippen LogP) is 8.24. The van der Waals surface area contributed by atoms with Crippen LogP contribution in [0.3, 0.4) is 0 Å². The van der Waals surface area contributed by atoms with Crippen molar-refractivity contribution in [2.24, 2.45) is 0 Å². The molecule has 0 nitrogen and oxygen atoms in total. The molecule has 2 aliphatic heterocycles. The van der Waals surface area contributed by atoms with Crippen LogP contribution in [0.1, 0.15) is 0 Å². The molecule has 0 aliphatic carbocycles. The largest absolute Gasteiger partial charge is 0.168 e. The van der Waals surface area contributed by atoms with Crippen LogP contribution in [0, 0.1) is 0 Å². The van der Waals surface area contributed by atoms with Gasteiger partial charge in [0.2, 0.25) is 0 Å². The van der Waals surface area contributed by atoms with Crippen LogP contribution < -0.4 is 0 Å². The van der Waals surface area contributed by atoms with E-state index in [2.05, 4.69) is 85.8 Å². The van der Waals surface area contributed by atoms with E-state index in [1.807, 2.05) is 82.3 Å². The van der Waals surface area contributed by atoms with Gasteiger partial charge in [0.25, 0.3) is 0 Å². The van der Waals surface area contributed by atoms with Crippen LogP contribution in [-0.2, 0) is 0 Å². The minimum absolute atomic E-state index is 0.474. The summed E-state index contributed by atoms with van der Waals surface area (Å²) in [6.07, 6.45) is 0. The molecule has 0 aromatic rings. The smallest absolute Gasteiger partial charge is 0.0773 e. The second-order valence-electron chi connectivity index (χ2n) is 4.32. The van der Waals surface area contributed by atoms with Gasteiger partial charge in [-0.2, -0.15) is 50.5 Å². The first-order valence-corrected chi connectivity index (χ1v) is 19.7. The molecule has 26 heavy (non-hydrogen) atoms. The number of thiol groups is 4. The van der Waals surface area contributed by atoms with Crippen molar-refractivity contribution in [1.29, 1.82) is 0 Å². The zero-order valence-electron chi connectivity index (χ0n) is 13.4. The van der Waals surface area contributed by atoms with Crippen LogP contribution in [0.15, 0.2) is 8.47 Å². The van der Waals surface area contributed by atoms with Crippen LogP contribution in [0.5, 0.6) is 0 Å². The summed E-state index contributed by atoms with van der Waals surface area (Å²) in [6.45, 7) is 0. The molecule has 2 atom stereocenters. The van der Waals surface area contributed by atoms with Crippen molar-refractivity contribution in [2.45, 2.75) is 18.3 Å². The Hall–Kier alpha value is 4.64. The van der Waals surface area contributed by atoms with Gasteiger partial charge < -0.3 is 0 Å². The molecule has 2 heterocycles. The Balaban J connectivity index is 2.04. The fourth-order valence-electron chi connectivity index (χ4n) is 1.77. The Morgan fingerprint density at radius 1 is 0.731 bits per heavy atom. The van der Waals surface area contributed by atoms with E-state index in [0.29, 0.717) is 18.3 Å². The van der Waals surface area contributed by atoms with E-state index in [4.69, 9.17) is 0 Å². The van der Waals surface area contributed by atoms with Crippen molar-refractivity contribution >= 4 is 168 Å². The molecule has 0 aromatic carbocycles. The highest BCUT2D eigenvalue weighted by atomic mass is 32.3. The van der Waals surface area contributed by atoms with E-state index < -0.39 is 0 Å². The summed E-state index contributed by atoms with van der Waals surface area (Å²) in [5, 5.41) is 5.79. The van der Waals surface area contributed by atoms with Gasteiger partial charge in [0.05, 0.1) is 26.8 Å². The van der Waals surface area contributed by atoms with Gasteiger partial charge in [-0.1, -0.05) is 0 Å². The van der Waals surface area contributed by atoms with Crippen molar-refractivity contribution in [3.8, 4) is 0 Å². The third-order valence-electron chi connectivity index (χ3n) is 2.86. The summed E-state index contributed by atoms with van der Waals surface area (Å²) in [7, 11) is 0. The number of thioether (sulfide) groups is 10. The minimum atomic E-state index is 0.474. The average Bonchev–Trinajstić information content (AvgIpc) is 3.00. The predicted molar refractivity (Wildman–Crippen MR) is 163 cm³/mol. The van der Waals surface area contributed by atoms with E-state index in [1.165, 1.54) is 13.6 Å². The molecule has 14 heteroatoms. The normalized spacial score (nSPS) is 20.7. The van der Waals surface area contributed by atoms with E-state index in [-0.39, 0.29) is 0 Å². The molecular formula is C12H20S14. The summed E-state index contributed by atoms with van der Waals surface area (Å²) in [5.41, 5.74) is 0. The monoisotopic (exact) mass is 612 g/mol. The van der Waals surface area contributed by atoms with E-state index in [0.717, 1.165) is 25.4 Å². The van der Waals surface area contributed by atoms with Crippen molar-refractivity contribution in [1.82, 2.24) is 0 Å². The topological polar surface area (TPSA) is 0 Å². The van der Waals surface area contributed by atoms with Gasteiger partial charge in [-0.05, 0) is 0 Å². The second kappa shape index (κ2) is 16.3. The van der Waals surface area contributed by atoms with Gasteiger partial charge >= 0.3 is 0 Å². The number of hydrogen-bond acceptors (Lipinski definition) is 14. The first-order chi connectivity index (χ1) is 12.7. The van der Waals surface area contributed by atoms with E-state index in [1.54, 1.807) is 0 Å². The molecule has 0 aromatic heterocycles. The maximum Gasteiger partial charge on any atom is 0.0773 e. The van der Waals surface area contributed by atoms with Crippen LogP contribution in [-0.4, -0.2) is 48.8 Å². The zero-order valence-corrected chi connectivity index (χ0v) is 25.2. The average molecular weight is 613 g/mol. The second-order valence-corrected chi connectivity index (χ2v) is 20.8. The number of rotatable bonds is 14. The third-order valence-corrected chi connectivity index (χ3v) is 19.9. The van der Waals surface area contributed by atoms with Gasteiger partial charge in [0.15, 0.2) is 0 Å². The van der Waals surface area contributed by atoms with Gasteiger partial charge in [0.1, 0.15) is 0 Å². The lowest BCUT2D eigenvalue weighted by Crippen LogP contribution is -2.20. The Labute approximate surface area is 222 Å². The fourth-order valence-corrected chi connectivity index (χ4v) is 19.3. The molecule has 2 rings (SSSR count). The van der Waals surface area contributed by atoms with Gasteiger partial charge in [-0.25, -0.2) is 0 Å². The molecule has 0 saturated carbocycles. The maximum absolute atomic E-state index is 4.48. The highest BCUT2D eigenvalue weighted by Crippen LogP contribution is 2.59. The molecular weight excluding hydrogens is 593 g/mol. The molecule has 0 N–H and O–H groups in total. The van der Waals surface area contributed by atoms with Crippen molar-refractivity contribution < 1.29 is 0 Å². The zero-order chi connectivity index (χ0) is 18.8. The standard InChI is InChI=1S/C12H20S14/c13-1-17-7(18-2-14)9(19-3-15)25-11-12(24-6-23-11)26-10(20-4-16)8-21-5-22-8/h7-10,13-16H,1-6H2. The Bertz CT molecular complexity index is 420. The lowest BCUT2D eigenvalue weighted by Gasteiger charge is -2.31. The first-order valence-electron chi connectivity index (χ1n) is 7.19. The minimum Gasteiger partial charge on any atom is -0.168 e. The molecule has 2 aliphatic rings. The first kappa shape index (κ1) is 26.9. The Morgan fingerprint density at radius 3 is 1.77 bits per heavy atom. The van der Waals surface area contributed by atoms with Gasteiger partial charge in [0, 0.05) is 30.5 Å². The quantitative estimate of drug-likeness (QED) is 0.111. The maximum atomic E-state index is 4.48. The van der Waals surface area contributed by atoms with Crippen LogP contribution in [0.25, 0.3) is 0 Å². The molecule has 0 radical (unpaired) electrons. The summed E-state index contributed by atoms with van der Waals surface area (Å²) >= 11 is 37.8. The van der Waals surface area contributed by atoms with Gasteiger partial charge in [-0.3, -0.25) is 0 Å². The third kappa shape index (κ3) is 9.25. The summed E-state index contributed by atoms with van der Waals surface area (Å²) in [5.74, 6) is 0. The highest BCUT2D eigenvalue weighted by molar-refractivity contribution is 8.41. The molecule has 0 spiro atoms. The Kier molecular flexibility index (Phi) is 16.8. The fraction of sp³-hybridized carbons (Fsp3) is 0.833. The summed E-state index contributed by atoms with van der Waals surface area (Å²) < 4.78 is 5.28. The van der Waals surface area contributed by atoms with Crippen LogP contribution in [0.2, 0.25) is 0 Å². The molecule has 0 amide bonds. The molecule has 1 saturated heterocycles. The van der Waals surface area contributed by atoms with Crippen molar-refractivity contribution in [3.63, 3.8) is 0 Å². The Morgan fingerprint density at radius 2 is 1.27 bits per heavy atom. The SMILES string of the molecule is SCSC(SCS)C(SCS)SC1=C(SC(SCS)C2SCS2)SCS1. The van der Waals surface area contributed by atoms with E-state index in [9.17, 15) is 0 Å². The number of hydrogen-bond donors (Lipinski definition) is 4. The lowest BCUT2D eigenvalue weighted by molar-refractivity contribution is 1.34. The van der Waals surface area contributed by atoms with Gasteiger partial charge in [-0.15, -0.1) is 118 Å². The van der Waals surface area contributed by atoms with Crippen LogP contribution >= 0.6 is 168 Å². The summed E-state index contributed by atoms with van der Waals surface area (Å²) in [4.78, 5) is 0. The molecule has 152 valence electrons. The molecule has 2 unspecified atom stereocenters. The summed E-state index contributed by atoms with van der Waals surface area (Å²) in [6, 6.07) is 0. The molecule has 0 bridgehead atoms.